The molecule has 1 atom stereocenters. The van der Waals surface area contributed by atoms with E-state index < -0.39 is 12.0 Å². The van der Waals surface area contributed by atoms with Gasteiger partial charge < -0.3 is 14.6 Å². The van der Waals surface area contributed by atoms with E-state index in [0.29, 0.717) is 18.1 Å². The van der Waals surface area contributed by atoms with E-state index >= 15 is 0 Å². The van der Waals surface area contributed by atoms with Gasteiger partial charge in [0.15, 0.2) is 0 Å². The SMILES string of the molecule is Cc1noc(C)c1CN1CCN([C@H](C(=O)O)c2c[nH]c3cc(Cl)ccc23)CC1. The number of benzene rings is 1. The van der Waals surface area contributed by atoms with Crippen LogP contribution in [0.2, 0.25) is 5.02 Å². The zero-order valence-electron chi connectivity index (χ0n) is 15.9. The number of carbonyl (C=O) groups is 1. The second-order valence-corrected chi connectivity index (χ2v) is 7.73. The Morgan fingerprint density at radius 3 is 2.71 bits per heavy atom. The number of fused-ring (bicyclic) bond motifs is 1. The van der Waals surface area contributed by atoms with Crippen molar-refractivity contribution in [2.24, 2.45) is 0 Å². The first kappa shape index (κ1) is 19.0. The van der Waals surface area contributed by atoms with E-state index in [9.17, 15) is 9.90 Å². The van der Waals surface area contributed by atoms with Crippen molar-refractivity contribution in [2.45, 2.75) is 26.4 Å². The molecule has 3 heterocycles. The van der Waals surface area contributed by atoms with Gasteiger partial charge in [0.2, 0.25) is 0 Å². The normalized spacial score (nSPS) is 17.2. The standard InChI is InChI=1S/C20H23ClN4O3/c1-12-17(13(2)28-23-12)11-24-5-7-25(8-6-24)19(20(26)27)16-10-22-18-9-14(21)3-4-15(16)18/h3-4,9-10,19,22H,5-8,11H2,1-2H3,(H,26,27)/t19-/m0/s1. The Hall–Kier alpha value is -2.35. The van der Waals surface area contributed by atoms with Gasteiger partial charge in [-0.3, -0.25) is 14.6 Å². The summed E-state index contributed by atoms with van der Waals surface area (Å²) in [6, 6.07) is 4.81. The van der Waals surface area contributed by atoms with E-state index in [1.807, 2.05) is 30.9 Å². The molecule has 3 aromatic rings. The lowest BCUT2D eigenvalue weighted by molar-refractivity contribution is -0.144. The average Bonchev–Trinajstić information content (AvgIpc) is 3.21. The van der Waals surface area contributed by atoms with Crippen molar-refractivity contribution in [3.8, 4) is 0 Å². The van der Waals surface area contributed by atoms with E-state index in [-0.39, 0.29) is 0 Å². The summed E-state index contributed by atoms with van der Waals surface area (Å²) in [6.45, 7) is 7.60. The van der Waals surface area contributed by atoms with Crippen molar-refractivity contribution in [3.05, 3.63) is 52.0 Å². The van der Waals surface area contributed by atoms with Crippen molar-refractivity contribution < 1.29 is 14.4 Å². The summed E-state index contributed by atoms with van der Waals surface area (Å²) >= 11 is 6.05. The minimum atomic E-state index is -0.838. The third kappa shape index (κ3) is 3.53. The smallest absolute Gasteiger partial charge is 0.325 e. The summed E-state index contributed by atoms with van der Waals surface area (Å²) < 4.78 is 5.25. The first-order chi connectivity index (χ1) is 13.4. The van der Waals surface area contributed by atoms with Crippen molar-refractivity contribution in [1.29, 1.82) is 0 Å². The molecule has 1 aromatic carbocycles. The largest absolute Gasteiger partial charge is 0.480 e. The molecule has 1 aliphatic rings. The second kappa shape index (κ2) is 7.58. The molecular formula is C20H23ClN4O3. The fourth-order valence-electron chi connectivity index (χ4n) is 3.96. The molecule has 2 N–H and O–H groups in total. The van der Waals surface area contributed by atoms with Crippen LogP contribution in [-0.4, -0.2) is 57.2 Å². The summed E-state index contributed by atoms with van der Waals surface area (Å²) in [4.78, 5) is 19.6. The second-order valence-electron chi connectivity index (χ2n) is 7.29. The maximum absolute atomic E-state index is 12.1. The molecule has 0 spiro atoms. The van der Waals surface area contributed by atoms with E-state index in [2.05, 4.69) is 15.0 Å². The highest BCUT2D eigenvalue weighted by atomic mass is 35.5. The first-order valence-corrected chi connectivity index (χ1v) is 9.69. The fraction of sp³-hybridized carbons (Fsp3) is 0.400. The van der Waals surface area contributed by atoms with Crippen LogP contribution in [-0.2, 0) is 11.3 Å². The minimum Gasteiger partial charge on any atom is -0.480 e. The van der Waals surface area contributed by atoms with Crippen LogP contribution in [0, 0.1) is 13.8 Å². The molecule has 1 aliphatic heterocycles. The van der Waals surface area contributed by atoms with Crippen LogP contribution in [0.4, 0.5) is 0 Å². The number of rotatable bonds is 5. The third-order valence-electron chi connectivity index (χ3n) is 5.54. The number of aromatic amines is 1. The highest BCUT2D eigenvalue weighted by Gasteiger charge is 2.32. The van der Waals surface area contributed by atoms with Gasteiger partial charge in [0.05, 0.1) is 5.69 Å². The number of nitrogens with one attached hydrogen (secondary N) is 1. The van der Waals surface area contributed by atoms with Crippen LogP contribution < -0.4 is 0 Å². The number of piperazine rings is 1. The maximum atomic E-state index is 12.1. The lowest BCUT2D eigenvalue weighted by atomic mass is 10.0. The van der Waals surface area contributed by atoms with E-state index in [1.54, 1.807) is 12.3 Å². The van der Waals surface area contributed by atoms with E-state index in [1.165, 1.54) is 0 Å². The Morgan fingerprint density at radius 2 is 2.07 bits per heavy atom. The first-order valence-electron chi connectivity index (χ1n) is 9.31. The van der Waals surface area contributed by atoms with Gasteiger partial charge in [0.1, 0.15) is 11.8 Å². The number of aryl methyl sites for hydroxylation is 2. The monoisotopic (exact) mass is 402 g/mol. The van der Waals surface area contributed by atoms with Crippen molar-refractivity contribution in [1.82, 2.24) is 19.9 Å². The number of hydrogen-bond donors (Lipinski definition) is 2. The van der Waals surface area contributed by atoms with Crippen LogP contribution >= 0.6 is 11.6 Å². The van der Waals surface area contributed by atoms with Crippen LogP contribution in [0.15, 0.2) is 28.9 Å². The topological polar surface area (TPSA) is 85.6 Å². The molecule has 28 heavy (non-hydrogen) atoms. The summed E-state index contributed by atoms with van der Waals surface area (Å²) in [5.41, 5.74) is 3.67. The van der Waals surface area contributed by atoms with E-state index in [0.717, 1.165) is 53.1 Å². The van der Waals surface area contributed by atoms with Crippen LogP contribution in [0.5, 0.6) is 0 Å². The molecule has 148 valence electrons. The fourth-order valence-corrected chi connectivity index (χ4v) is 4.14. The van der Waals surface area contributed by atoms with Crippen molar-refractivity contribution >= 4 is 28.5 Å². The van der Waals surface area contributed by atoms with Crippen LogP contribution in [0.3, 0.4) is 0 Å². The van der Waals surface area contributed by atoms with Crippen LogP contribution in [0.25, 0.3) is 10.9 Å². The number of carboxylic acid groups (broad SMARTS) is 1. The molecular weight excluding hydrogens is 380 g/mol. The number of H-pyrrole nitrogens is 1. The van der Waals surface area contributed by atoms with Crippen molar-refractivity contribution in [2.75, 3.05) is 26.2 Å². The Balaban J connectivity index is 1.50. The molecule has 2 aromatic heterocycles. The molecule has 4 rings (SSSR count). The molecule has 7 nitrogen and oxygen atoms in total. The Bertz CT molecular complexity index is 985. The summed E-state index contributed by atoms with van der Waals surface area (Å²) in [7, 11) is 0. The molecule has 0 bridgehead atoms. The number of carboxylic acids is 1. The number of halogens is 1. The highest BCUT2D eigenvalue weighted by Crippen LogP contribution is 2.31. The highest BCUT2D eigenvalue weighted by molar-refractivity contribution is 6.31. The van der Waals surface area contributed by atoms with Crippen LogP contribution in [0.1, 0.15) is 28.6 Å². The van der Waals surface area contributed by atoms with Gasteiger partial charge >= 0.3 is 5.97 Å². The molecule has 0 amide bonds. The average molecular weight is 403 g/mol. The summed E-state index contributed by atoms with van der Waals surface area (Å²) in [5.74, 6) is 0.0100. The zero-order valence-corrected chi connectivity index (χ0v) is 16.7. The summed E-state index contributed by atoms with van der Waals surface area (Å²) in [6.07, 6.45) is 1.79. The van der Waals surface area contributed by atoms with Crippen molar-refractivity contribution in [3.63, 3.8) is 0 Å². The molecule has 8 heteroatoms. The Morgan fingerprint density at radius 1 is 1.32 bits per heavy atom. The van der Waals surface area contributed by atoms with Gasteiger partial charge in [0, 0.05) is 66.0 Å². The number of aliphatic carboxylic acids is 1. The number of nitrogens with zero attached hydrogens (tertiary/aromatic N) is 3. The molecule has 0 aliphatic carbocycles. The number of hydrogen-bond acceptors (Lipinski definition) is 5. The quantitative estimate of drug-likeness (QED) is 0.680. The maximum Gasteiger partial charge on any atom is 0.325 e. The van der Waals surface area contributed by atoms with Gasteiger partial charge in [0.25, 0.3) is 0 Å². The van der Waals surface area contributed by atoms with Gasteiger partial charge in [-0.1, -0.05) is 22.8 Å². The predicted octanol–water partition coefficient (Wildman–Crippen LogP) is 3.37. The molecule has 0 radical (unpaired) electrons. The van der Waals surface area contributed by atoms with Gasteiger partial charge in [-0.05, 0) is 26.0 Å². The predicted molar refractivity (Wildman–Crippen MR) is 107 cm³/mol. The molecule has 1 fully saturated rings. The Kier molecular flexibility index (Phi) is 5.14. The summed E-state index contributed by atoms with van der Waals surface area (Å²) in [5, 5.41) is 15.5. The number of aromatic nitrogens is 2. The minimum absolute atomic E-state index is 0.626. The Labute approximate surface area is 167 Å². The third-order valence-corrected chi connectivity index (χ3v) is 5.77. The molecule has 1 saturated heterocycles. The lowest BCUT2D eigenvalue weighted by Gasteiger charge is -2.37. The molecule has 0 unspecified atom stereocenters. The van der Waals surface area contributed by atoms with E-state index in [4.69, 9.17) is 16.1 Å². The molecule has 0 saturated carbocycles. The van der Waals surface area contributed by atoms with Gasteiger partial charge in [-0.2, -0.15) is 0 Å². The zero-order chi connectivity index (χ0) is 19.8. The van der Waals surface area contributed by atoms with Gasteiger partial charge in [-0.25, -0.2) is 0 Å². The van der Waals surface area contributed by atoms with Gasteiger partial charge in [-0.15, -0.1) is 0 Å². The lowest BCUT2D eigenvalue weighted by Crippen LogP contribution is -2.48.